The minimum absolute atomic E-state index is 0.0479. The van der Waals surface area contributed by atoms with E-state index in [0.717, 1.165) is 18.1 Å². The molecule has 0 saturated heterocycles. The Balaban J connectivity index is 2.20. The number of hydrogen-bond donors (Lipinski definition) is 3. The van der Waals surface area contributed by atoms with Gasteiger partial charge in [-0.15, -0.1) is 0 Å². The van der Waals surface area contributed by atoms with Crippen LogP contribution in [0, 0.1) is 5.82 Å². The second-order valence-corrected chi connectivity index (χ2v) is 4.51. The molecule has 0 aliphatic rings. The van der Waals surface area contributed by atoms with Crippen LogP contribution in [0.25, 0.3) is 0 Å². The molecule has 0 aliphatic carbocycles. The van der Waals surface area contributed by atoms with Crippen LogP contribution < -0.4 is 10.8 Å². The van der Waals surface area contributed by atoms with Crippen molar-refractivity contribution < 1.29 is 14.4 Å². The summed E-state index contributed by atoms with van der Waals surface area (Å²) in [6.45, 7) is 1.98. The van der Waals surface area contributed by atoms with Gasteiger partial charge in [0, 0.05) is 6.20 Å². The van der Waals surface area contributed by atoms with E-state index in [9.17, 15) is 9.18 Å². The summed E-state index contributed by atoms with van der Waals surface area (Å²) in [5, 5.41) is 11.5. The van der Waals surface area contributed by atoms with E-state index in [4.69, 9.17) is 5.21 Å². The standard InChI is InChI=1S/C15H16FN3O2/c1-2-13(10-6-4-3-5-7-10)18-14-12(16)8-11(9-17-14)15(20)19-21/h3-9,13,21H,2H2,1H3,(H,17,18)(H,19,20)/t13-/m1/s1. The fourth-order valence-corrected chi connectivity index (χ4v) is 2.00. The molecule has 0 fully saturated rings. The lowest BCUT2D eigenvalue weighted by atomic mass is 10.0. The molecule has 3 N–H and O–H groups in total. The van der Waals surface area contributed by atoms with Crippen molar-refractivity contribution in [2.24, 2.45) is 0 Å². The molecule has 0 spiro atoms. The number of hydroxylamine groups is 1. The normalized spacial score (nSPS) is 11.8. The first-order chi connectivity index (χ1) is 10.2. The predicted octanol–water partition coefficient (Wildman–Crippen LogP) is 2.90. The molecule has 0 bridgehead atoms. The van der Waals surface area contributed by atoms with Crippen LogP contribution in [-0.4, -0.2) is 16.1 Å². The third-order valence-electron chi connectivity index (χ3n) is 3.13. The van der Waals surface area contributed by atoms with Crippen molar-refractivity contribution in [3.63, 3.8) is 0 Å². The van der Waals surface area contributed by atoms with Gasteiger partial charge >= 0.3 is 0 Å². The van der Waals surface area contributed by atoms with Crippen molar-refractivity contribution in [1.82, 2.24) is 10.5 Å². The number of benzene rings is 1. The molecule has 21 heavy (non-hydrogen) atoms. The van der Waals surface area contributed by atoms with Gasteiger partial charge < -0.3 is 5.32 Å². The zero-order valence-corrected chi connectivity index (χ0v) is 11.5. The van der Waals surface area contributed by atoms with Gasteiger partial charge in [0.2, 0.25) is 0 Å². The Kier molecular flexibility index (Phi) is 4.84. The highest BCUT2D eigenvalue weighted by Crippen LogP contribution is 2.23. The van der Waals surface area contributed by atoms with Gasteiger partial charge in [-0.05, 0) is 18.1 Å². The van der Waals surface area contributed by atoms with Crippen molar-refractivity contribution >= 4 is 11.7 Å². The van der Waals surface area contributed by atoms with Crippen LogP contribution in [0.1, 0.15) is 35.3 Å². The molecule has 1 atom stereocenters. The Hall–Kier alpha value is -2.47. The van der Waals surface area contributed by atoms with Gasteiger partial charge in [0.1, 0.15) is 0 Å². The maximum absolute atomic E-state index is 14.0. The van der Waals surface area contributed by atoms with E-state index in [1.54, 1.807) is 0 Å². The number of aromatic nitrogens is 1. The second-order valence-electron chi connectivity index (χ2n) is 4.51. The number of nitrogens with one attached hydrogen (secondary N) is 2. The summed E-state index contributed by atoms with van der Waals surface area (Å²) in [5.74, 6) is -1.38. The first-order valence-electron chi connectivity index (χ1n) is 6.57. The van der Waals surface area contributed by atoms with Crippen molar-refractivity contribution in [2.75, 3.05) is 5.32 Å². The molecular weight excluding hydrogens is 273 g/mol. The Morgan fingerprint density at radius 1 is 1.38 bits per heavy atom. The number of halogens is 1. The fraction of sp³-hybridized carbons (Fsp3) is 0.200. The molecule has 110 valence electrons. The van der Waals surface area contributed by atoms with Gasteiger partial charge in [0.25, 0.3) is 5.91 Å². The Bertz CT molecular complexity index is 620. The van der Waals surface area contributed by atoms with Gasteiger partial charge in [-0.1, -0.05) is 37.3 Å². The van der Waals surface area contributed by atoms with Crippen molar-refractivity contribution in [1.29, 1.82) is 0 Å². The van der Waals surface area contributed by atoms with E-state index in [2.05, 4.69) is 10.3 Å². The summed E-state index contributed by atoms with van der Waals surface area (Å²) in [7, 11) is 0. The predicted molar refractivity (Wildman–Crippen MR) is 76.5 cm³/mol. The van der Waals surface area contributed by atoms with Gasteiger partial charge in [0.15, 0.2) is 11.6 Å². The van der Waals surface area contributed by atoms with Crippen LogP contribution in [0.2, 0.25) is 0 Å². The number of pyridine rings is 1. The zero-order valence-electron chi connectivity index (χ0n) is 11.5. The molecule has 0 unspecified atom stereocenters. The minimum atomic E-state index is -0.803. The number of carbonyl (C=O) groups is 1. The summed E-state index contributed by atoms with van der Waals surface area (Å²) in [6.07, 6.45) is 1.96. The first-order valence-corrected chi connectivity index (χ1v) is 6.57. The molecule has 1 heterocycles. The van der Waals surface area contributed by atoms with E-state index in [-0.39, 0.29) is 17.4 Å². The molecular formula is C15H16FN3O2. The number of nitrogens with zero attached hydrogens (tertiary/aromatic N) is 1. The highest BCUT2D eigenvalue weighted by Gasteiger charge is 2.14. The number of anilines is 1. The summed E-state index contributed by atoms with van der Waals surface area (Å²) in [4.78, 5) is 15.1. The lowest BCUT2D eigenvalue weighted by Crippen LogP contribution is -2.19. The Labute approximate surface area is 121 Å². The molecule has 2 rings (SSSR count). The topological polar surface area (TPSA) is 74.2 Å². The molecule has 0 radical (unpaired) electrons. The third-order valence-corrected chi connectivity index (χ3v) is 3.13. The van der Waals surface area contributed by atoms with Crippen LogP contribution in [-0.2, 0) is 0 Å². The third kappa shape index (κ3) is 3.55. The van der Waals surface area contributed by atoms with E-state index in [1.807, 2.05) is 37.3 Å². The summed E-state index contributed by atoms with van der Waals surface area (Å²) in [5.41, 5.74) is 2.42. The van der Waals surface area contributed by atoms with Gasteiger partial charge in [-0.3, -0.25) is 10.0 Å². The number of amides is 1. The van der Waals surface area contributed by atoms with E-state index >= 15 is 0 Å². The first kappa shape index (κ1) is 14.9. The Morgan fingerprint density at radius 2 is 2.10 bits per heavy atom. The fourth-order valence-electron chi connectivity index (χ4n) is 2.00. The smallest absolute Gasteiger partial charge is 0.276 e. The lowest BCUT2D eigenvalue weighted by molar-refractivity contribution is 0.0705. The summed E-state index contributed by atoms with van der Waals surface area (Å²) in [6, 6.07) is 10.6. The van der Waals surface area contributed by atoms with E-state index < -0.39 is 11.7 Å². The minimum Gasteiger partial charge on any atom is -0.361 e. The van der Waals surface area contributed by atoms with Crippen LogP contribution >= 0.6 is 0 Å². The van der Waals surface area contributed by atoms with E-state index in [1.165, 1.54) is 11.7 Å². The SMILES string of the molecule is CC[C@@H](Nc1ncc(C(=O)NO)cc1F)c1ccccc1. The van der Waals surface area contributed by atoms with Crippen LogP contribution in [0.3, 0.4) is 0 Å². The average Bonchev–Trinajstić information content (AvgIpc) is 2.53. The molecule has 6 heteroatoms. The number of hydrogen-bond acceptors (Lipinski definition) is 4. The molecule has 1 aromatic heterocycles. The Morgan fingerprint density at radius 3 is 2.67 bits per heavy atom. The molecule has 1 aromatic carbocycles. The largest absolute Gasteiger partial charge is 0.361 e. The van der Waals surface area contributed by atoms with E-state index in [0.29, 0.717) is 0 Å². The maximum atomic E-state index is 14.0. The monoisotopic (exact) mass is 289 g/mol. The number of carbonyl (C=O) groups excluding carboxylic acids is 1. The quantitative estimate of drug-likeness (QED) is 0.584. The number of rotatable bonds is 5. The van der Waals surface area contributed by atoms with Gasteiger partial charge in [0.05, 0.1) is 11.6 Å². The van der Waals surface area contributed by atoms with Crippen LogP contribution in [0.15, 0.2) is 42.6 Å². The van der Waals surface area contributed by atoms with Gasteiger partial charge in [-0.25, -0.2) is 14.9 Å². The second kappa shape index (κ2) is 6.81. The highest BCUT2D eigenvalue weighted by atomic mass is 19.1. The lowest BCUT2D eigenvalue weighted by Gasteiger charge is -2.18. The van der Waals surface area contributed by atoms with Crippen LogP contribution in [0.4, 0.5) is 10.2 Å². The van der Waals surface area contributed by atoms with Crippen molar-refractivity contribution in [2.45, 2.75) is 19.4 Å². The molecule has 1 amide bonds. The molecule has 0 aliphatic heterocycles. The molecule has 0 saturated carbocycles. The van der Waals surface area contributed by atoms with Crippen LogP contribution in [0.5, 0.6) is 0 Å². The highest BCUT2D eigenvalue weighted by molar-refractivity contribution is 5.93. The maximum Gasteiger partial charge on any atom is 0.276 e. The van der Waals surface area contributed by atoms with Crippen molar-refractivity contribution in [3.05, 3.63) is 59.5 Å². The molecule has 2 aromatic rings. The summed E-state index contributed by atoms with van der Waals surface area (Å²) < 4.78 is 14.0. The van der Waals surface area contributed by atoms with Crippen molar-refractivity contribution in [3.8, 4) is 0 Å². The summed E-state index contributed by atoms with van der Waals surface area (Å²) >= 11 is 0. The van der Waals surface area contributed by atoms with Gasteiger partial charge in [-0.2, -0.15) is 0 Å². The average molecular weight is 289 g/mol. The zero-order chi connectivity index (χ0) is 15.2. The molecule has 5 nitrogen and oxygen atoms in total.